The Morgan fingerprint density at radius 1 is 1.13 bits per heavy atom. The average molecular weight is 385 g/mol. The summed E-state index contributed by atoms with van der Waals surface area (Å²) in [6.45, 7) is 12.7. The van der Waals surface area contributed by atoms with Crippen molar-refractivity contribution in [2.45, 2.75) is 52.9 Å². The van der Waals surface area contributed by atoms with Crippen LogP contribution in [0.5, 0.6) is 5.75 Å². The smallest absolute Gasteiger partial charge is 0.123 e. The second-order valence-corrected chi connectivity index (χ2v) is 8.29. The van der Waals surface area contributed by atoms with Crippen LogP contribution in [-0.2, 0) is 16.6 Å². The highest BCUT2D eigenvalue weighted by Crippen LogP contribution is 2.33. The van der Waals surface area contributed by atoms with Crippen LogP contribution in [0.15, 0.2) is 18.2 Å². The summed E-state index contributed by atoms with van der Waals surface area (Å²) >= 11 is 3.65. The average Bonchev–Trinajstić information content (AvgIpc) is 2.48. The second kappa shape index (κ2) is 9.68. The number of hydrogen-bond acceptors (Lipinski definition) is 2. The first-order chi connectivity index (χ1) is 10.8. The van der Waals surface area contributed by atoms with E-state index in [1.54, 1.807) is 7.11 Å². The molecule has 0 aliphatic carbocycles. The quantitative estimate of drug-likeness (QED) is 0.406. The number of ether oxygens (including phenoxy) is 2. The SMILES string of the molecule is COCCCOc1cc(C[C@@H](CBr)C(C)C)ccc1C(C)(C)C. The molecule has 0 aliphatic heterocycles. The Morgan fingerprint density at radius 3 is 2.35 bits per heavy atom. The van der Waals surface area contributed by atoms with E-state index in [0.717, 1.165) is 30.5 Å². The van der Waals surface area contributed by atoms with E-state index < -0.39 is 0 Å². The van der Waals surface area contributed by atoms with Gasteiger partial charge in [0, 0.05) is 25.5 Å². The number of rotatable bonds is 9. The Balaban J connectivity index is 2.94. The zero-order valence-corrected chi connectivity index (χ0v) is 17.2. The monoisotopic (exact) mass is 384 g/mol. The molecule has 0 fully saturated rings. The number of methoxy groups -OCH3 is 1. The van der Waals surface area contributed by atoms with Crippen molar-refractivity contribution in [3.8, 4) is 5.75 Å². The molecule has 1 aromatic rings. The van der Waals surface area contributed by atoms with Gasteiger partial charge in [0.1, 0.15) is 5.75 Å². The third-order valence-corrected chi connectivity index (χ3v) is 5.07. The van der Waals surface area contributed by atoms with Gasteiger partial charge in [-0.25, -0.2) is 0 Å². The maximum Gasteiger partial charge on any atom is 0.123 e. The van der Waals surface area contributed by atoms with Gasteiger partial charge in [-0.05, 0) is 40.9 Å². The standard InChI is InChI=1S/C20H33BrO2/c1-15(2)17(14-21)12-16-8-9-18(20(3,4)5)19(13-16)23-11-7-10-22-6/h8-9,13,15,17H,7,10-12,14H2,1-6H3/t17-/m0/s1. The van der Waals surface area contributed by atoms with Crippen LogP contribution in [0, 0.1) is 11.8 Å². The summed E-state index contributed by atoms with van der Waals surface area (Å²) in [4.78, 5) is 0. The van der Waals surface area contributed by atoms with Crippen LogP contribution in [0.25, 0.3) is 0 Å². The van der Waals surface area contributed by atoms with Crippen molar-refractivity contribution in [1.82, 2.24) is 0 Å². The van der Waals surface area contributed by atoms with E-state index in [1.807, 2.05) is 0 Å². The molecule has 0 unspecified atom stereocenters. The first kappa shape index (κ1) is 20.5. The fraction of sp³-hybridized carbons (Fsp3) is 0.700. The fourth-order valence-electron chi connectivity index (χ4n) is 2.59. The van der Waals surface area contributed by atoms with E-state index in [9.17, 15) is 0 Å². The molecular weight excluding hydrogens is 352 g/mol. The zero-order chi connectivity index (χ0) is 17.5. The Hall–Kier alpha value is -0.540. The maximum atomic E-state index is 6.09. The molecule has 1 aromatic carbocycles. The minimum absolute atomic E-state index is 0.0853. The second-order valence-electron chi connectivity index (χ2n) is 7.64. The summed E-state index contributed by atoms with van der Waals surface area (Å²) in [5.41, 5.74) is 2.72. The number of halogens is 1. The van der Waals surface area contributed by atoms with Crippen molar-refractivity contribution in [3.63, 3.8) is 0 Å². The molecule has 0 amide bonds. The molecule has 0 heterocycles. The van der Waals surface area contributed by atoms with E-state index in [1.165, 1.54) is 11.1 Å². The van der Waals surface area contributed by atoms with Gasteiger partial charge >= 0.3 is 0 Å². The van der Waals surface area contributed by atoms with Gasteiger partial charge in [-0.15, -0.1) is 0 Å². The molecule has 0 saturated heterocycles. The van der Waals surface area contributed by atoms with Gasteiger partial charge in [0.05, 0.1) is 6.61 Å². The van der Waals surface area contributed by atoms with Crippen molar-refractivity contribution < 1.29 is 9.47 Å². The molecule has 132 valence electrons. The van der Waals surface area contributed by atoms with Gasteiger partial charge in [0.25, 0.3) is 0 Å². The maximum absolute atomic E-state index is 6.09. The van der Waals surface area contributed by atoms with Crippen LogP contribution in [-0.4, -0.2) is 25.7 Å². The van der Waals surface area contributed by atoms with Crippen molar-refractivity contribution in [1.29, 1.82) is 0 Å². The molecule has 2 nitrogen and oxygen atoms in total. The number of benzene rings is 1. The molecule has 0 spiro atoms. The molecule has 0 aliphatic rings. The first-order valence-corrected chi connectivity index (χ1v) is 9.72. The molecule has 3 heteroatoms. The molecule has 1 rings (SSSR count). The van der Waals surface area contributed by atoms with Crippen LogP contribution in [0.3, 0.4) is 0 Å². The Labute approximate surface area is 151 Å². The van der Waals surface area contributed by atoms with Gasteiger partial charge in [-0.2, -0.15) is 0 Å². The van der Waals surface area contributed by atoms with Crippen molar-refractivity contribution >= 4 is 15.9 Å². The Kier molecular flexibility index (Phi) is 8.63. The predicted octanol–water partition coefficient (Wildman–Crippen LogP) is 5.61. The summed E-state index contributed by atoms with van der Waals surface area (Å²) in [6, 6.07) is 6.75. The third kappa shape index (κ3) is 6.84. The lowest BCUT2D eigenvalue weighted by Gasteiger charge is -2.25. The minimum Gasteiger partial charge on any atom is -0.493 e. The molecule has 1 atom stereocenters. The highest BCUT2D eigenvalue weighted by molar-refractivity contribution is 9.09. The lowest BCUT2D eigenvalue weighted by molar-refractivity contribution is 0.171. The topological polar surface area (TPSA) is 18.5 Å². The minimum atomic E-state index is 0.0853. The number of alkyl halides is 1. The van der Waals surface area contributed by atoms with Gasteiger partial charge in [0.2, 0.25) is 0 Å². The van der Waals surface area contributed by atoms with Crippen LogP contribution >= 0.6 is 15.9 Å². The normalized spacial score (nSPS) is 13.4. The van der Waals surface area contributed by atoms with E-state index in [-0.39, 0.29) is 5.41 Å². The zero-order valence-electron chi connectivity index (χ0n) is 15.6. The fourth-order valence-corrected chi connectivity index (χ4v) is 3.57. The van der Waals surface area contributed by atoms with Crippen LogP contribution in [0.2, 0.25) is 0 Å². The highest BCUT2D eigenvalue weighted by atomic mass is 79.9. The van der Waals surface area contributed by atoms with Crippen LogP contribution in [0.4, 0.5) is 0 Å². The van der Waals surface area contributed by atoms with Crippen LogP contribution < -0.4 is 4.74 Å². The molecule has 0 radical (unpaired) electrons. The van der Waals surface area contributed by atoms with Crippen molar-refractivity contribution in [2.75, 3.05) is 25.7 Å². The van der Waals surface area contributed by atoms with Gasteiger partial charge in [-0.3, -0.25) is 0 Å². The summed E-state index contributed by atoms with van der Waals surface area (Å²) in [7, 11) is 1.73. The lowest BCUT2D eigenvalue weighted by Crippen LogP contribution is -2.16. The van der Waals surface area contributed by atoms with E-state index in [4.69, 9.17) is 9.47 Å². The van der Waals surface area contributed by atoms with Crippen molar-refractivity contribution in [2.24, 2.45) is 11.8 Å². The van der Waals surface area contributed by atoms with E-state index >= 15 is 0 Å². The third-order valence-electron chi connectivity index (χ3n) is 4.24. The summed E-state index contributed by atoms with van der Waals surface area (Å²) in [5, 5.41) is 1.04. The molecule has 0 N–H and O–H groups in total. The summed E-state index contributed by atoms with van der Waals surface area (Å²) in [5.74, 6) is 2.35. The Bertz CT molecular complexity index is 463. The first-order valence-electron chi connectivity index (χ1n) is 8.60. The largest absolute Gasteiger partial charge is 0.493 e. The highest BCUT2D eigenvalue weighted by Gasteiger charge is 2.20. The van der Waals surface area contributed by atoms with Gasteiger partial charge in [-0.1, -0.05) is 62.7 Å². The molecule has 0 aromatic heterocycles. The Morgan fingerprint density at radius 2 is 1.83 bits per heavy atom. The summed E-state index contributed by atoms with van der Waals surface area (Å²) < 4.78 is 11.2. The molecule has 0 bridgehead atoms. The molecule has 23 heavy (non-hydrogen) atoms. The lowest BCUT2D eigenvalue weighted by atomic mass is 9.84. The molecule has 0 saturated carbocycles. The predicted molar refractivity (Wildman–Crippen MR) is 103 cm³/mol. The summed E-state index contributed by atoms with van der Waals surface area (Å²) in [6.07, 6.45) is 2.00. The van der Waals surface area contributed by atoms with Gasteiger partial charge in [0.15, 0.2) is 0 Å². The van der Waals surface area contributed by atoms with Gasteiger partial charge < -0.3 is 9.47 Å². The van der Waals surface area contributed by atoms with Crippen molar-refractivity contribution in [3.05, 3.63) is 29.3 Å². The molecular formula is C20H33BrO2. The van der Waals surface area contributed by atoms with E-state index in [0.29, 0.717) is 18.4 Å². The van der Waals surface area contributed by atoms with E-state index in [2.05, 4.69) is 68.7 Å². The van der Waals surface area contributed by atoms with Crippen LogP contribution in [0.1, 0.15) is 52.2 Å². The number of hydrogen-bond donors (Lipinski definition) is 0.